The minimum Gasteiger partial charge on any atom is -0.0649 e. The van der Waals surface area contributed by atoms with Crippen molar-refractivity contribution in [2.45, 2.75) is 58.3 Å². The fraction of sp³-hybridized carbons (Fsp3) is 1.00. The van der Waals surface area contributed by atoms with Crippen molar-refractivity contribution in [2.75, 3.05) is 0 Å². The summed E-state index contributed by atoms with van der Waals surface area (Å²) in [7, 11) is 0. The van der Waals surface area contributed by atoms with Crippen LogP contribution in [0, 0.1) is 11.3 Å². The van der Waals surface area contributed by atoms with Crippen molar-refractivity contribution in [1.29, 1.82) is 0 Å². The monoisotopic (exact) mass is 152 g/mol. The molecule has 64 valence electrons. The van der Waals surface area contributed by atoms with E-state index < -0.39 is 0 Å². The van der Waals surface area contributed by atoms with Gasteiger partial charge in [0.05, 0.1) is 0 Å². The van der Waals surface area contributed by atoms with Crippen LogP contribution in [0.1, 0.15) is 58.3 Å². The predicted molar refractivity (Wildman–Crippen MR) is 48.5 cm³/mol. The van der Waals surface area contributed by atoms with Gasteiger partial charge in [-0.3, -0.25) is 0 Å². The van der Waals surface area contributed by atoms with Gasteiger partial charge in [0.25, 0.3) is 0 Å². The average molecular weight is 152 g/mol. The molecule has 2 rings (SSSR count). The number of hydrogen-bond acceptors (Lipinski definition) is 0. The maximum Gasteiger partial charge on any atom is -0.0297 e. The second-order valence-electron chi connectivity index (χ2n) is 4.71. The van der Waals surface area contributed by atoms with Crippen molar-refractivity contribution in [1.82, 2.24) is 0 Å². The minimum absolute atomic E-state index is 0.821. The first-order valence-corrected chi connectivity index (χ1v) is 5.35. The normalized spacial score (nSPS) is 29.2. The Kier molecular flexibility index (Phi) is 1.95. The summed E-state index contributed by atoms with van der Waals surface area (Å²) in [5.74, 6) is 1.15. The van der Waals surface area contributed by atoms with Gasteiger partial charge < -0.3 is 0 Å². The van der Waals surface area contributed by atoms with Gasteiger partial charge in [-0.25, -0.2) is 0 Å². The molecule has 2 saturated carbocycles. The standard InChI is InChI=1S/C11H20/c1-2-11(7-3-4-8-11)9-10-5-6-10/h10H,2-9H2,1H3. The summed E-state index contributed by atoms with van der Waals surface area (Å²) in [4.78, 5) is 0. The third kappa shape index (κ3) is 1.60. The lowest BCUT2D eigenvalue weighted by molar-refractivity contribution is 0.245. The molecular formula is C11H20. The van der Waals surface area contributed by atoms with Gasteiger partial charge in [-0.1, -0.05) is 39.0 Å². The molecule has 0 nitrogen and oxygen atoms in total. The lowest BCUT2D eigenvalue weighted by Gasteiger charge is -2.27. The molecule has 2 aliphatic carbocycles. The first kappa shape index (κ1) is 7.64. The highest BCUT2D eigenvalue weighted by molar-refractivity contribution is 4.89. The van der Waals surface area contributed by atoms with Crippen molar-refractivity contribution in [3.8, 4) is 0 Å². The van der Waals surface area contributed by atoms with Crippen molar-refractivity contribution < 1.29 is 0 Å². The Labute approximate surface area is 70.4 Å². The van der Waals surface area contributed by atoms with Gasteiger partial charge in [0.1, 0.15) is 0 Å². The van der Waals surface area contributed by atoms with Crippen LogP contribution < -0.4 is 0 Å². The van der Waals surface area contributed by atoms with Gasteiger partial charge in [-0.15, -0.1) is 0 Å². The molecule has 0 aromatic rings. The van der Waals surface area contributed by atoms with Gasteiger partial charge in [0.2, 0.25) is 0 Å². The van der Waals surface area contributed by atoms with Crippen molar-refractivity contribution in [3.05, 3.63) is 0 Å². The Morgan fingerprint density at radius 1 is 1.18 bits per heavy atom. The maximum atomic E-state index is 2.40. The Balaban J connectivity index is 1.91. The van der Waals surface area contributed by atoms with Crippen LogP contribution in [0.25, 0.3) is 0 Å². The molecule has 0 bridgehead atoms. The first-order chi connectivity index (χ1) is 5.35. The molecular weight excluding hydrogens is 132 g/mol. The van der Waals surface area contributed by atoms with E-state index in [-0.39, 0.29) is 0 Å². The summed E-state index contributed by atoms with van der Waals surface area (Å²) in [6.45, 7) is 2.40. The van der Waals surface area contributed by atoms with Crippen LogP contribution in [0.4, 0.5) is 0 Å². The fourth-order valence-corrected chi connectivity index (χ4v) is 2.76. The summed E-state index contributed by atoms with van der Waals surface area (Å²) < 4.78 is 0. The smallest absolute Gasteiger partial charge is 0.0297 e. The SMILES string of the molecule is CCC1(CC2CC2)CCCC1. The second kappa shape index (κ2) is 2.80. The minimum atomic E-state index is 0.821. The van der Waals surface area contributed by atoms with Crippen LogP contribution in [0.2, 0.25) is 0 Å². The van der Waals surface area contributed by atoms with Crippen molar-refractivity contribution >= 4 is 0 Å². The van der Waals surface area contributed by atoms with Gasteiger partial charge in [-0.2, -0.15) is 0 Å². The highest BCUT2D eigenvalue weighted by atomic mass is 14.4. The Bertz CT molecular complexity index is 127. The van der Waals surface area contributed by atoms with Crippen LogP contribution in [0.15, 0.2) is 0 Å². The summed E-state index contributed by atoms with van der Waals surface area (Å²) in [6.07, 6.45) is 12.2. The third-order valence-corrected chi connectivity index (χ3v) is 3.83. The molecule has 0 radical (unpaired) electrons. The molecule has 0 aliphatic heterocycles. The molecule has 0 aromatic heterocycles. The zero-order chi connectivity index (χ0) is 7.73. The summed E-state index contributed by atoms with van der Waals surface area (Å²) in [5, 5.41) is 0. The van der Waals surface area contributed by atoms with E-state index in [1.54, 1.807) is 32.1 Å². The molecule has 0 aromatic carbocycles. The number of hydrogen-bond donors (Lipinski definition) is 0. The summed E-state index contributed by atoms with van der Waals surface area (Å²) in [5.41, 5.74) is 0.821. The summed E-state index contributed by atoms with van der Waals surface area (Å²) in [6, 6.07) is 0. The van der Waals surface area contributed by atoms with Gasteiger partial charge in [0.15, 0.2) is 0 Å². The summed E-state index contributed by atoms with van der Waals surface area (Å²) >= 11 is 0. The van der Waals surface area contributed by atoms with E-state index in [0.717, 1.165) is 11.3 Å². The lowest BCUT2D eigenvalue weighted by Crippen LogP contribution is -2.15. The fourth-order valence-electron chi connectivity index (χ4n) is 2.76. The van der Waals surface area contributed by atoms with Crippen LogP contribution in [-0.2, 0) is 0 Å². The van der Waals surface area contributed by atoms with Crippen LogP contribution in [-0.4, -0.2) is 0 Å². The van der Waals surface area contributed by atoms with E-state index >= 15 is 0 Å². The second-order valence-corrected chi connectivity index (χ2v) is 4.71. The van der Waals surface area contributed by atoms with Crippen molar-refractivity contribution in [3.63, 3.8) is 0 Å². The number of rotatable bonds is 3. The zero-order valence-corrected chi connectivity index (χ0v) is 7.73. The van der Waals surface area contributed by atoms with E-state index in [1.165, 1.54) is 19.3 Å². The molecule has 0 N–H and O–H groups in total. The van der Waals surface area contributed by atoms with E-state index in [0.29, 0.717) is 0 Å². The third-order valence-electron chi connectivity index (χ3n) is 3.83. The van der Waals surface area contributed by atoms with Crippen molar-refractivity contribution in [2.24, 2.45) is 11.3 Å². The topological polar surface area (TPSA) is 0 Å². The van der Waals surface area contributed by atoms with Gasteiger partial charge >= 0.3 is 0 Å². The van der Waals surface area contributed by atoms with Crippen LogP contribution in [0.3, 0.4) is 0 Å². The first-order valence-electron chi connectivity index (χ1n) is 5.35. The average Bonchev–Trinajstić information content (AvgIpc) is 2.68. The Morgan fingerprint density at radius 3 is 2.27 bits per heavy atom. The highest BCUT2D eigenvalue weighted by Gasteiger charge is 2.37. The van der Waals surface area contributed by atoms with E-state index in [2.05, 4.69) is 6.92 Å². The predicted octanol–water partition coefficient (Wildman–Crippen LogP) is 3.76. The molecule has 0 heterocycles. The largest absolute Gasteiger partial charge is 0.0649 e. The molecule has 2 aliphatic rings. The molecule has 0 heteroatoms. The molecule has 11 heavy (non-hydrogen) atoms. The molecule has 2 fully saturated rings. The highest BCUT2D eigenvalue weighted by Crippen LogP contribution is 2.50. The van der Waals surface area contributed by atoms with Crippen LogP contribution in [0.5, 0.6) is 0 Å². The zero-order valence-electron chi connectivity index (χ0n) is 7.73. The van der Waals surface area contributed by atoms with Crippen LogP contribution >= 0.6 is 0 Å². The molecule has 0 unspecified atom stereocenters. The van der Waals surface area contributed by atoms with Gasteiger partial charge in [0, 0.05) is 0 Å². The molecule has 0 atom stereocenters. The van der Waals surface area contributed by atoms with E-state index in [9.17, 15) is 0 Å². The lowest BCUT2D eigenvalue weighted by atomic mass is 9.78. The molecule has 0 spiro atoms. The quantitative estimate of drug-likeness (QED) is 0.577. The van der Waals surface area contributed by atoms with E-state index in [1.807, 2.05) is 0 Å². The van der Waals surface area contributed by atoms with E-state index in [4.69, 9.17) is 0 Å². The Morgan fingerprint density at radius 2 is 1.82 bits per heavy atom. The molecule has 0 amide bonds. The molecule has 0 saturated heterocycles. The Hall–Kier alpha value is 0. The maximum absolute atomic E-state index is 2.40. The van der Waals surface area contributed by atoms with Gasteiger partial charge in [-0.05, 0) is 30.6 Å².